The van der Waals surface area contributed by atoms with E-state index in [9.17, 15) is 13.2 Å². The van der Waals surface area contributed by atoms with Gasteiger partial charge < -0.3 is 4.90 Å². The minimum atomic E-state index is -3.71. The third-order valence-electron chi connectivity index (χ3n) is 5.15. The number of rotatable bonds is 3. The standard InChI is InChI=1S/C23H30N2O3S/c1-22(2,3)17-8-11-19(12-9-17)29(27,28)24-18-10-7-16-13-14-25(20(16)15-18)21(26)23(4,5)6/h7-12,15,24H,13-14H2,1-6H3. The van der Waals surface area contributed by atoms with Gasteiger partial charge in [-0.1, -0.05) is 59.7 Å². The van der Waals surface area contributed by atoms with E-state index in [0.717, 1.165) is 23.2 Å². The van der Waals surface area contributed by atoms with E-state index in [1.807, 2.05) is 39.0 Å². The van der Waals surface area contributed by atoms with Crippen molar-refractivity contribution in [1.29, 1.82) is 0 Å². The average molecular weight is 415 g/mol. The Kier molecular flexibility index (Phi) is 5.28. The Morgan fingerprint density at radius 3 is 2.14 bits per heavy atom. The minimum absolute atomic E-state index is 0.0361. The number of benzene rings is 2. The molecule has 0 saturated carbocycles. The summed E-state index contributed by atoms with van der Waals surface area (Å²) in [5.41, 5.74) is 2.83. The molecule has 0 radical (unpaired) electrons. The van der Waals surface area contributed by atoms with Gasteiger partial charge in [0.1, 0.15) is 0 Å². The maximum absolute atomic E-state index is 12.8. The molecule has 1 N–H and O–H groups in total. The van der Waals surface area contributed by atoms with Crippen LogP contribution in [-0.2, 0) is 26.7 Å². The summed E-state index contributed by atoms with van der Waals surface area (Å²) in [4.78, 5) is 14.7. The second-order valence-electron chi connectivity index (χ2n) is 9.68. The second-order valence-corrected chi connectivity index (χ2v) is 11.4. The Bertz CT molecular complexity index is 1030. The van der Waals surface area contributed by atoms with Gasteiger partial charge in [0.15, 0.2) is 0 Å². The molecule has 0 spiro atoms. The van der Waals surface area contributed by atoms with Crippen LogP contribution in [0.25, 0.3) is 0 Å². The molecule has 29 heavy (non-hydrogen) atoms. The van der Waals surface area contributed by atoms with Crippen molar-refractivity contribution in [3.8, 4) is 0 Å². The molecule has 1 heterocycles. The van der Waals surface area contributed by atoms with Gasteiger partial charge in [0.25, 0.3) is 10.0 Å². The average Bonchev–Trinajstić information content (AvgIpc) is 3.02. The van der Waals surface area contributed by atoms with E-state index >= 15 is 0 Å². The van der Waals surface area contributed by atoms with E-state index in [4.69, 9.17) is 0 Å². The van der Waals surface area contributed by atoms with Gasteiger partial charge in [0, 0.05) is 17.6 Å². The summed E-state index contributed by atoms with van der Waals surface area (Å²) >= 11 is 0. The number of fused-ring (bicyclic) bond motifs is 1. The number of amides is 1. The molecule has 1 aliphatic rings. The molecule has 1 amide bonds. The van der Waals surface area contributed by atoms with Gasteiger partial charge >= 0.3 is 0 Å². The zero-order chi connectivity index (χ0) is 21.6. The van der Waals surface area contributed by atoms with Gasteiger partial charge in [0.05, 0.1) is 10.6 Å². The van der Waals surface area contributed by atoms with E-state index in [2.05, 4.69) is 25.5 Å². The van der Waals surface area contributed by atoms with Crippen LogP contribution in [0.5, 0.6) is 0 Å². The third-order valence-corrected chi connectivity index (χ3v) is 6.55. The van der Waals surface area contributed by atoms with Crippen molar-refractivity contribution in [3.63, 3.8) is 0 Å². The van der Waals surface area contributed by atoms with Crippen molar-refractivity contribution < 1.29 is 13.2 Å². The van der Waals surface area contributed by atoms with Gasteiger partial charge in [-0.25, -0.2) is 8.42 Å². The Balaban J connectivity index is 1.87. The number of carbonyl (C=O) groups excluding carboxylic acids is 1. The molecule has 5 nitrogen and oxygen atoms in total. The van der Waals surface area contributed by atoms with Crippen molar-refractivity contribution in [2.24, 2.45) is 5.41 Å². The molecule has 2 aromatic carbocycles. The molecule has 2 aromatic rings. The Morgan fingerprint density at radius 1 is 0.966 bits per heavy atom. The third kappa shape index (κ3) is 4.47. The number of carbonyl (C=O) groups is 1. The number of hydrogen-bond donors (Lipinski definition) is 1. The first-order valence-electron chi connectivity index (χ1n) is 9.87. The van der Waals surface area contributed by atoms with E-state index in [1.165, 1.54) is 0 Å². The van der Waals surface area contributed by atoms with Crippen LogP contribution in [0, 0.1) is 5.41 Å². The summed E-state index contributed by atoms with van der Waals surface area (Å²) in [5, 5.41) is 0. The molecule has 6 heteroatoms. The van der Waals surface area contributed by atoms with Crippen LogP contribution < -0.4 is 9.62 Å². The van der Waals surface area contributed by atoms with Crippen molar-refractivity contribution in [1.82, 2.24) is 0 Å². The summed E-state index contributed by atoms with van der Waals surface area (Å²) in [6.07, 6.45) is 0.776. The van der Waals surface area contributed by atoms with Gasteiger partial charge in [-0.3, -0.25) is 9.52 Å². The van der Waals surface area contributed by atoms with Crippen molar-refractivity contribution in [3.05, 3.63) is 53.6 Å². The lowest BCUT2D eigenvalue weighted by Crippen LogP contribution is -2.38. The Hall–Kier alpha value is -2.34. The molecule has 0 aliphatic carbocycles. The molecule has 0 aromatic heterocycles. The molecule has 0 bridgehead atoms. The lowest BCUT2D eigenvalue weighted by molar-refractivity contribution is -0.125. The van der Waals surface area contributed by atoms with E-state index in [-0.39, 0.29) is 16.2 Å². The predicted octanol–water partition coefficient (Wildman–Crippen LogP) is 4.72. The monoisotopic (exact) mass is 414 g/mol. The van der Waals surface area contributed by atoms with Crippen molar-refractivity contribution in [2.75, 3.05) is 16.2 Å². The van der Waals surface area contributed by atoms with Crippen LogP contribution in [-0.4, -0.2) is 20.9 Å². The van der Waals surface area contributed by atoms with Crippen LogP contribution in [0.2, 0.25) is 0 Å². The summed E-state index contributed by atoms with van der Waals surface area (Å²) in [7, 11) is -3.71. The molecule has 0 atom stereocenters. The number of nitrogens with one attached hydrogen (secondary N) is 1. The first-order chi connectivity index (χ1) is 13.3. The topological polar surface area (TPSA) is 66.5 Å². The maximum Gasteiger partial charge on any atom is 0.261 e. The number of hydrogen-bond acceptors (Lipinski definition) is 3. The minimum Gasteiger partial charge on any atom is -0.311 e. The zero-order valence-corrected chi connectivity index (χ0v) is 18.9. The predicted molar refractivity (Wildman–Crippen MR) is 118 cm³/mol. The molecule has 1 aliphatic heterocycles. The maximum atomic E-state index is 12.8. The van der Waals surface area contributed by atoms with E-state index in [0.29, 0.717) is 12.2 Å². The fraction of sp³-hybridized carbons (Fsp3) is 0.435. The summed E-state index contributed by atoms with van der Waals surface area (Å²) < 4.78 is 28.3. The first-order valence-corrected chi connectivity index (χ1v) is 11.4. The van der Waals surface area contributed by atoms with Gasteiger partial charge in [-0.15, -0.1) is 0 Å². The fourth-order valence-electron chi connectivity index (χ4n) is 3.41. The molecular formula is C23H30N2O3S. The highest BCUT2D eigenvalue weighted by atomic mass is 32.2. The molecular weight excluding hydrogens is 384 g/mol. The largest absolute Gasteiger partial charge is 0.311 e. The highest BCUT2D eigenvalue weighted by molar-refractivity contribution is 7.92. The number of nitrogens with zero attached hydrogens (tertiary/aromatic N) is 1. The lowest BCUT2D eigenvalue weighted by atomic mass is 9.87. The SMILES string of the molecule is CC(C)(C)C(=O)N1CCc2ccc(NS(=O)(=O)c3ccc(C(C)(C)C)cc3)cc21. The smallest absolute Gasteiger partial charge is 0.261 e. The van der Waals surface area contributed by atoms with Crippen LogP contribution in [0.3, 0.4) is 0 Å². The van der Waals surface area contributed by atoms with Gasteiger partial charge in [0.2, 0.25) is 5.91 Å². The number of anilines is 2. The zero-order valence-electron chi connectivity index (χ0n) is 18.0. The molecule has 0 fully saturated rings. The van der Waals surface area contributed by atoms with Crippen LogP contribution >= 0.6 is 0 Å². The molecule has 3 rings (SSSR count). The molecule has 0 saturated heterocycles. The van der Waals surface area contributed by atoms with E-state index in [1.54, 1.807) is 29.2 Å². The molecule has 156 valence electrons. The van der Waals surface area contributed by atoms with Gasteiger partial charge in [-0.05, 0) is 47.2 Å². The lowest BCUT2D eigenvalue weighted by Gasteiger charge is -2.26. The van der Waals surface area contributed by atoms with E-state index < -0.39 is 15.4 Å². The van der Waals surface area contributed by atoms with Crippen molar-refractivity contribution in [2.45, 2.75) is 58.3 Å². The van der Waals surface area contributed by atoms with Crippen LogP contribution in [0.4, 0.5) is 11.4 Å². The summed E-state index contributed by atoms with van der Waals surface area (Å²) in [6.45, 7) is 12.6. The fourth-order valence-corrected chi connectivity index (χ4v) is 4.46. The molecule has 0 unspecified atom stereocenters. The highest BCUT2D eigenvalue weighted by Gasteiger charge is 2.32. The summed E-state index contributed by atoms with van der Waals surface area (Å²) in [5.74, 6) is 0.0361. The second kappa shape index (κ2) is 7.17. The Labute approximate surface area is 174 Å². The van der Waals surface area contributed by atoms with Crippen LogP contribution in [0.1, 0.15) is 52.7 Å². The summed E-state index contributed by atoms with van der Waals surface area (Å²) in [6, 6.07) is 12.4. The van der Waals surface area contributed by atoms with Gasteiger partial charge in [-0.2, -0.15) is 0 Å². The normalized spacial score (nSPS) is 14.6. The highest BCUT2D eigenvalue weighted by Crippen LogP contribution is 2.34. The first kappa shape index (κ1) is 21.4. The Morgan fingerprint density at radius 2 is 1.59 bits per heavy atom. The van der Waals surface area contributed by atoms with Crippen LogP contribution in [0.15, 0.2) is 47.4 Å². The number of sulfonamides is 1. The van der Waals surface area contributed by atoms with Crippen molar-refractivity contribution >= 4 is 27.3 Å². The quantitative estimate of drug-likeness (QED) is 0.790.